The number of fused-ring (bicyclic) bond motifs is 1. The predicted molar refractivity (Wildman–Crippen MR) is 79.6 cm³/mol. The third kappa shape index (κ3) is 2.29. The van der Waals surface area contributed by atoms with E-state index in [1.165, 1.54) is 0 Å². The Bertz CT molecular complexity index is 836. The highest BCUT2D eigenvalue weighted by atomic mass is 79.9. The summed E-state index contributed by atoms with van der Waals surface area (Å²) < 4.78 is 21.5. The average molecular weight is 362 g/mol. The van der Waals surface area contributed by atoms with Gasteiger partial charge in [-0.25, -0.2) is 9.79 Å². The van der Waals surface area contributed by atoms with E-state index in [0.717, 1.165) is 5.56 Å². The van der Waals surface area contributed by atoms with Crippen LogP contribution in [0.25, 0.3) is 6.08 Å². The first-order valence-electron chi connectivity index (χ1n) is 6.37. The Morgan fingerprint density at radius 1 is 1.14 bits per heavy atom. The summed E-state index contributed by atoms with van der Waals surface area (Å²) in [5.41, 5.74) is 0.961. The molecule has 7 heteroatoms. The van der Waals surface area contributed by atoms with Gasteiger partial charge in [-0.2, -0.15) is 0 Å². The highest BCUT2D eigenvalue weighted by Gasteiger charge is 2.26. The zero-order valence-electron chi connectivity index (χ0n) is 11.0. The van der Waals surface area contributed by atoms with E-state index < -0.39 is 5.97 Å². The summed E-state index contributed by atoms with van der Waals surface area (Å²) in [4.78, 5) is 16.0. The molecule has 0 saturated heterocycles. The quantitative estimate of drug-likeness (QED) is 0.607. The molecule has 0 spiro atoms. The van der Waals surface area contributed by atoms with Gasteiger partial charge in [0.1, 0.15) is 0 Å². The average Bonchev–Trinajstić information content (AvgIpc) is 3.20. The molecular weight excluding hydrogens is 354 g/mol. The normalized spacial score (nSPS) is 17.8. The standard InChI is InChI=1S/C15H8BrNO5/c16-13-4-3-11(21-13)14-17-9(15(18)22-14)5-8-1-2-10-12(6-8)20-7-19-10/h1-6H,7H2/b9-5-. The summed E-state index contributed by atoms with van der Waals surface area (Å²) in [6.07, 6.45) is 1.62. The number of halogens is 1. The minimum absolute atomic E-state index is 0.141. The van der Waals surface area contributed by atoms with E-state index in [0.29, 0.717) is 21.9 Å². The van der Waals surface area contributed by atoms with Crippen LogP contribution in [-0.4, -0.2) is 18.7 Å². The Balaban J connectivity index is 1.67. The number of furan rings is 1. The molecule has 0 saturated carbocycles. The summed E-state index contributed by atoms with van der Waals surface area (Å²) in [6.45, 7) is 0.201. The van der Waals surface area contributed by atoms with Gasteiger partial charge < -0.3 is 18.6 Å². The van der Waals surface area contributed by atoms with Gasteiger partial charge in [0.2, 0.25) is 6.79 Å². The monoisotopic (exact) mass is 361 g/mol. The Morgan fingerprint density at radius 2 is 2.00 bits per heavy atom. The Kier molecular flexibility index (Phi) is 3.00. The molecule has 1 aromatic carbocycles. The second-order valence-corrected chi connectivity index (χ2v) is 5.33. The molecular formula is C15H8BrNO5. The first-order valence-corrected chi connectivity index (χ1v) is 7.16. The predicted octanol–water partition coefficient (Wildman–Crippen LogP) is 3.12. The molecule has 2 aliphatic heterocycles. The van der Waals surface area contributed by atoms with Crippen molar-refractivity contribution >= 4 is 33.9 Å². The van der Waals surface area contributed by atoms with E-state index in [-0.39, 0.29) is 18.4 Å². The van der Waals surface area contributed by atoms with E-state index in [2.05, 4.69) is 20.9 Å². The summed E-state index contributed by atoms with van der Waals surface area (Å²) >= 11 is 3.19. The van der Waals surface area contributed by atoms with Gasteiger partial charge in [-0.15, -0.1) is 0 Å². The van der Waals surface area contributed by atoms with Crippen molar-refractivity contribution in [1.82, 2.24) is 0 Å². The van der Waals surface area contributed by atoms with E-state index in [9.17, 15) is 4.79 Å². The lowest BCUT2D eigenvalue weighted by molar-refractivity contribution is -0.130. The lowest BCUT2D eigenvalue weighted by atomic mass is 10.1. The van der Waals surface area contributed by atoms with Crippen LogP contribution in [0.1, 0.15) is 11.3 Å². The van der Waals surface area contributed by atoms with Gasteiger partial charge >= 0.3 is 5.97 Å². The Hall–Kier alpha value is -2.54. The van der Waals surface area contributed by atoms with Gasteiger partial charge in [-0.1, -0.05) is 6.07 Å². The fourth-order valence-corrected chi connectivity index (χ4v) is 2.41. The second kappa shape index (κ2) is 5.03. The molecule has 6 nitrogen and oxygen atoms in total. The van der Waals surface area contributed by atoms with Crippen LogP contribution in [0.2, 0.25) is 0 Å². The maximum absolute atomic E-state index is 11.9. The van der Waals surface area contributed by atoms with E-state index in [1.807, 2.05) is 6.07 Å². The number of hydrogen-bond donors (Lipinski definition) is 0. The Labute approximate surface area is 133 Å². The van der Waals surface area contributed by atoms with Gasteiger partial charge in [0, 0.05) is 0 Å². The zero-order valence-corrected chi connectivity index (χ0v) is 12.6. The summed E-state index contributed by atoms with van der Waals surface area (Å²) in [7, 11) is 0. The van der Waals surface area contributed by atoms with Crippen LogP contribution in [-0.2, 0) is 9.53 Å². The first kappa shape index (κ1) is 13.1. The maximum Gasteiger partial charge on any atom is 0.363 e. The molecule has 0 amide bonds. The number of carbonyl (C=O) groups excluding carboxylic acids is 1. The minimum Gasteiger partial charge on any atom is -0.454 e. The minimum atomic E-state index is -0.528. The van der Waals surface area contributed by atoms with Crippen LogP contribution in [0.3, 0.4) is 0 Å². The van der Waals surface area contributed by atoms with Gasteiger partial charge in [0.15, 0.2) is 27.6 Å². The molecule has 110 valence electrons. The van der Waals surface area contributed by atoms with Crippen LogP contribution in [0, 0.1) is 0 Å². The zero-order chi connectivity index (χ0) is 15.1. The SMILES string of the molecule is O=C1OC(c2ccc(Br)o2)=N/C1=C\c1ccc2c(c1)OCO2. The third-order valence-corrected chi connectivity index (χ3v) is 3.53. The lowest BCUT2D eigenvalue weighted by Crippen LogP contribution is -2.04. The van der Waals surface area contributed by atoms with Crippen molar-refractivity contribution in [3.63, 3.8) is 0 Å². The molecule has 22 heavy (non-hydrogen) atoms. The number of hydrogen-bond acceptors (Lipinski definition) is 6. The van der Waals surface area contributed by atoms with Crippen LogP contribution in [0.5, 0.6) is 11.5 Å². The van der Waals surface area contributed by atoms with Crippen molar-refractivity contribution in [1.29, 1.82) is 0 Å². The number of benzene rings is 1. The number of carbonyl (C=O) groups is 1. The smallest absolute Gasteiger partial charge is 0.363 e. The molecule has 2 aromatic rings. The van der Waals surface area contributed by atoms with E-state index in [4.69, 9.17) is 18.6 Å². The fourth-order valence-electron chi connectivity index (χ4n) is 2.10. The van der Waals surface area contributed by atoms with E-state index >= 15 is 0 Å². The van der Waals surface area contributed by atoms with Gasteiger partial charge in [0.05, 0.1) is 0 Å². The molecule has 1 aromatic heterocycles. The molecule has 2 aliphatic rings. The summed E-state index contributed by atoms with van der Waals surface area (Å²) in [5, 5.41) is 0. The van der Waals surface area contributed by atoms with Crippen molar-refractivity contribution in [2.24, 2.45) is 4.99 Å². The number of esters is 1. The molecule has 0 radical (unpaired) electrons. The molecule has 4 rings (SSSR count). The molecule has 0 atom stereocenters. The molecule has 0 unspecified atom stereocenters. The molecule has 0 aliphatic carbocycles. The maximum atomic E-state index is 11.9. The van der Waals surface area contributed by atoms with Crippen LogP contribution in [0.4, 0.5) is 0 Å². The number of nitrogens with zero attached hydrogens (tertiary/aromatic N) is 1. The topological polar surface area (TPSA) is 70.3 Å². The van der Waals surface area contributed by atoms with Crippen LogP contribution >= 0.6 is 15.9 Å². The van der Waals surface area contributed by atoms with Gasteiger partial charge in [-0.3, -0.25) is 0 Å². The molecule has 3 heterocycles. The lowest BCUT2D eigenvalue weighted by Gasteiger charge is -1.97. The van der Waals surface area contributed by atoms with Gasteiger partial charge in [0.25, 0.3) is 5.90 Å². The van der Waals surface area contributed by atoms with Crippen molar-refractivity contribution in [3.8, 4) is 11.5 Å². The van der Waals surface area contributed by atoms with Crippen molar-refractivity contribution < 1.29 is 23.4 Å². The van der Waals surface area contributed by atoms with Crippen molar-refractivity contribution in [2.45, 2.75) is 0 Å². The van der Waals surface area contributed by atoms with Crippen molar-refractivity contribution in [3.05, 3.63) is 52.0 Å². The number of ether oxygens (including phenoxy) is 3. The molecule has 0 bridgehead atoms. The van der Waals surface area contributed by atoms with Crippen molar-refractivity contribution in [2.75, 3.05) is 6.79 Å². The Morgan fingerprint density at radius 3 is 2.82 bits per heavy atom. The highest BCUT2D eigenvalue weighted by Crippen LogP contribution is 2.33. The fraction of sp³-hybridized carbons (Fsp3) is 0.0667. The number of cyclic esters (lactones) is 1. The summed E-state index contributed by atoms with van der Waals surface area (Å²) in [5.74, 6) is 1.32. The highest BCUT2D eigenvalue weighted by molar-refractivity contribution is 9.10. The second-order valence-electron chi connectivity index (χ2n) is 4.55. The summed E-state index contributed by atoms with van der Waals surface area (Å²) in [6, 6.07) is 8.73. The largest absolute Gasteiger partial charge is 0.454 e. The van der Waals surface area contributed by atoms with Gasteiger partial charge in [-0.05, 0) is 51.8 Å². The molecule has 0 N–H and O–H groups in total. The first-order chi connectivity index (χ1) is 10.7. The van der Waals surface area contributed by atoms with Crippen LogP contribution in [0.15, 0.2) is 50.1 Å². The number of aliphatic imine (C=N–C) groups is 1. The molecule has 0 fully saturated rings. The third-order valence-electron chi connectivity index (χ3n) is 3.10. The van der Waals surface area contributed by atoms with Crippen LogP contribution < -0.4 is 9.47 Å². The number of rotatable bonds is 2. The van der Waals surface area contributed by atoms with E-state index in [1.54, 1.807) is 30.3 Å².